The van der Waals surface area contributed by atoms with E-state index in [1.807, 2.05) is 42.5 Å². The van der Waals surface area contributed by atoms with Gasteiger partial charge in [0.05, 0.1) is 24.1 Å². The molecule has 2 aromatic heterocycles. The van der Waals surface area contributed by atoms with Crippen molar-refractivity contribution in [1.82, 2.24) is 14.6 Å². The van der Waals surface area contributed by atoms with Gasteiger partial charge in [0.15, 0.2) is 5.65 Å². The van der Waals surface area contributed by atoms with Gasteiger partial charge in [-0.2, -0.15) is 10.4 Å². The van der Waals surface area contributed by atoms with E-state index in [0.29, 0.717) is 11.2 Å². The Kier molecular flexibility index (Phi) is 3.86. The second kappa shape index (κ2) is 6.34. The van der Waals surface area contributed by atoms with Crippen LogP contribution in [0.25, 0.3) is 28.2 Å². The first-order valence-electron chi connectivity index (χ1n) is 8.20. The molecule has 0 aliphatic rings. The third-order valence-electron chi connectivity index (χ3n) is 4.31. The summed E-state index contributed by atoms with van der Waals surface area (Å²) in [5.41, 5.74) is 5.81. The lowest BCUT2D eigenvalue weighted by Gasteiger charge is -2.08. The average molecular weight is 340 g/mol. The Bertz CT molecular complexity index is 1120. The van der Waals surface area contributed by atoms with Crippen molar-refractivity contribution in [3.63, 3.8) is 0 Å². The lowest BCUT2D eigenvalue weighted by Crippen LogP contribution is -2.00. The quantitative estimate of drug-likeness (QED) is 0.559. The summed E-state index contributed by atoms with van der Waals surface area (Å²) in [7, 11) is 1.63. The lowest BCUT2D eigenvalue weighted by molar-refractivity contribution is 0.415. The van der Waals surface area contributed by atoms with Gasteiger partial charge in [0.1, 0.15) is 11.8 Å². The number of aryl methyl sites for hydroxylation is 1. The van der Waals surface area contributed by atoms with Crippen LogP contribution in [0.15, 0.2) is 60.8 Å². The molecule has 0 radical (unpaired) electrons. The summed E-state index contributed by atoms with van der Waals surface area (Å²) in [5.74, 6) is 0.762. The first-order valence-corrected chi connectivity index (χ1v) is 8.20. The van der Waals surface area contributed by atoms with Crippen molar-refractivity contribution in [2.24, 2.45) is 0 Å². The molecule has 0 aliphatic heterocycles. The van der Waals surface area contributed by atoms with Crippen LogP contribution in [0.5, 0.6) is 5.75 Å². The van der Waals surface area contributed by atoms with Crippen molar-refractivity contribution >= 4 is 5.65 Å². The van der Waals surface area contributed by atoms with Crippen LogP contribution in [0, 0.1) is 18.3 Å². The number of methoxy groups -OCH3 is 1. The van der Waals surface area contributed by atoms with E-state index in [1.54, 1.807) is 17.8 Å². The minimum Gasteiger partial charge on any atom is -0.497 e. The Labute approximate surface area is 151 Å². The molecule has 4 aromatic rings. The smallest absolute Gasteiger partial charge is 0.156 e. The molecule has 0 fully saturated rings. The number of aromatic nitrogens is 3. The minimum atomic E-state index is 0.473. The number of benzene rings is 2. The predicted molar refractivity (Wildman–Crippen MR) is 99.9 cm³/mol. The molecule has 26 heavy (non-hydrogen) atoms. The van der Waals surface area contributed by atoms with E-state index < -0.39 is 0 Å². The Hall–Kier alpha value is -3.65. The van der Waals surface area contributed by atoms with E-state index in [2.05, 4.69) is 30.1 Å². The molecule has 0 bridgehead atoms. The molecule has 2 aromatic carbocycles. The van der Waals surface area contributed by atoms with Crippen LogP contribution in [0.4, 0.5) is 0 Å². The number of hydrogen-bond acceptors (Lipinski definition) is 4. The fraction of sp³-hybridized carbons (Fsp3) is 0.0952. The Morgan fingerprint density at radius 2 is 1.69 bits per heavy atom. The largest absolute Gasteiger partial charge is 0.497 e. The molecule has 0 N–H and O–H groups in total. The zero-order chi connectivity index (χ0) is 18.1. The molecule has 0 unspecified atom stereocenters. The van der Waals surface area contributed by atoms with Gasteiger partial charge in [-0.3, -0.25) is 0 Å². The van der Waals surface area contributed by atoms with E-state index in [9.17, 15) is 5.26 Å². The molecule has 5 nitrogen and oxygen atoms in total. The predicted octanol–water partition coefficient (Wildman–Crippen LogP) is 4.25. The molecule has 5 heteroatoms. The number of nitriles is 1. The highest BCUT2D eigenvalue weighted by Gasteiger charge is 2.14. The highest BCUT2D eigenvalue weighted by atomic mass is 16.5. The van der Waals surface area contributed by atoms with Gasteiger partial charge in [0, 0.05) is 23.4 Å². The molecule has 0 saturated carbocycles. The zero-order valence-corrected chi connectivity index (χ0v) is 14.5. The molecule has 0 aliphatic carbocycles. The molecule has 0 amide bonds. The molecule has 4 rings (SSSR count). The normalized spacial score (nSPS) is 10.7. The van der Waals surface area contributed by atoms with Crippen molar-refractivity contribution in [1.29, 1.82) is 5.26 Å². The van der Waals surface area contributed by atoms with Crippen LogP contribution in [0.3, 0.4) is 0 Å². The number of ether oxygens (including phenoxy) is 1. The van der Waals surface area contributed by atoms with Crippen molar-refractivity contribution in [3.8, 4) is 34.3 Å². The second-order valence-corrected chi connectivity index (χ2v) is 6.03. The van der Waals surface area contributed by atoms with Gasteiger partial charge in [-0.25, -0.2) is 9.50 Å². The molecule has 0 spiro atoms. The number of fused-ring (bicyclic) bond motifs is 1. The topological polar surface area (TPSA) is 63.2 Å². The Morgan fingerprint density at radius 1 is 1.00 bits per heavy atom. The molecule has 126 valence electrons. The van der Waals surface area contributed by atoms with Crippen LogP contribution in [-0.4, -0.2) is 21.7 Å². The standard InChI is InChI=1S/C21H16N4O/c1-14-3-5-15(6-4-14)19-11-20-23-13-17(12-22)21(25(20)24-19)16-7-9-18(26-2)10-8-16/h3-11,13H,1-2H3. The number of nitrogens with zero attached hydrogens (tertiary/aromatic N) is 4. The summed E-state index contributed by atoms with van der Waals surface area (Å²) in [6.45, 7) is 2.05. The summed E-state index contributed by atoms with van der Waals surface area (Å²) >= 11 is 0. The van der Waals surface area contributed by atoms with Gasteiger partial charge in [-0.15, -0.1) is 0 Å². The van der Waals surface area contributed by atoms with Gasteiger partial charge >= 0.3 is 0 Å². The summed E-state index contributed by atoms with van der Waals surface area (Å²) in [6, 6.07) is 19.9. The molecule has 0 saturated heterocycles. The number of hydrogen-bond donors (Lipinski definition) is 0. The van der Waals surface area contributed by atoms with Gasteiger partial charge in [-0.05, 0) is 31.2 Å². The fourth-order valence-corrected chi connectivity index (χ4v) is 2.91. The van der Waals surface area contributed by atoms with Gasteiger partial charge in [0.25, 0.3) is 0 Å². The van der Waals surface area contributed by atoms with Crippen LogP contribution in [0.1, 0.15) is 11.1 Å². The highest BCUT2D eigenvalue weighted by molar-refractivity contribution is 5.72. The summed E-state index contributed by atoms with van der Waals surface area (Å²) in [5, 5.41) is 14.3. The lowest BCUT2D eigenvalue weighted by atomic mass is 10.1. The minimum absolute atomic E-state index is 0.473. The van der Waals surface area contributed by atoms with Gasteiger partial charge in [-0.1, -0.05) is 29.8 Å². The maximum Gasteiger partial charge on any atom is 0.156 e. The maximum atomic E-state index is 9.54. The van der Waals surface area contributed by atoms with Crippen molar-refractivity contribution in [2.75, 3.05) is 7.11 Å². The van der Waals surface area contributed by atoms with E-state index in [4.69, 9.17) is 9.84 Å². The molecule has 0 atom stereocenters. The van der Waals surface area contributed by atoms with Gasteiger partial charge in [0.2, 0.25) is 0 Å². The molecule has 2 heterocycles. The Morgan fingerprint density at radius 3 is 2.35 bits per heavy atom. The summed E-state index contributed by atoms with van der Waals surface area (Å²) < 4.78 is 6.95. The van der Waals surface area contributed by atoms with Crippen molar-refractivity contribution < 1.29 is 4.74 Å². The van der Waals surface area contributed by atoms with E-state index in [1.165, 1.54) is 5.56 Å². The molecular weight excluding hydrogens is 324 g/mol. The third kappa shape index (κ3) is 2.68. The summed E-state index contributed by atoms with van der Waals surface area (Å²) in [6.07, 6.45) is 1.59. The zero-order valence-electron chi connectivity index (χ0n) is 14.5. The van der Waals surface area contributed by atoms with E-state index in [0.717, 1.165) is 28.3 Å². The van der Waals surface area contributed by atoms with Gasteiger partial charge < -0.3 is 4.74 Å². The van der Waals surface area contributed by atoms with Crippen LogP contribution in [0.2, 0.25) is 0 Å². The fourth-order valence-electron chi connectivity index (χ4n) is 2.91. The summed E-state index contributed by atoms with van der Waals surface area (Å²) in [4.78, 5) is 4.39. The SMILES string of the molecule is COc1ccc(-c2c(C#N)cnc3cc(-c4ccc(C)cc4)nn23)cc1. The molecular formula is C21H16N4O. The van der Waals surface area contributed by atoms with E-state index >= 15 is 0 Å². The van der Waals surface area contributed by atoms with Crippen LogP contribution >= 0.6 is 0 Å². The third-order valence-corrected chi connectivity index (χ3v) is 4.31. The number of rotatable bonds is 3. The van der Waals surface area contributed by atoms with Crippen LogP contribution < -0.4 is 4.74 Å². The van der Waals surface area contributed by atoms with Crippen molar-refractivity contribution in [2.45, 2.75) is 6.92 Å². The Balaban J connectivity index is 1.92. The monoisotopic (exact) mass is 340 g/mol. The average Bonchev–Trinajstić information content (AvgIpc) is 3.12. The van der Waals surface area contributed by atoms with Crippen molar-refractivity contribution in [3.05, 3.63) is 71.9 Å². The second-order valence-electron chi connectivity index (χ2n) is 6.03. The van der Waals surface area contributed by atoms with Crippen LogP contribution in [-0.2, 0) is 0 Å². The first-order chi connectivity index (χ1) is 12.7. The highest BCUT2D eigenvalue weighted by Crippen LogP contribution is 2.28. The first kappa shape index (κ1) is 15.9. The van der Waals surface area contributed by atoms with E-state index in [-0.39, 0.29) is 0 Å². The maximum absolute atomic E-state index is 9.54.